The number of hydrogen-bond donors (Lipinski definition) is 0. The Labute approximate surface area is 184 Å². The first-order valence-electron chi connectivity index (χ1n) is 9.81. The molecule has 32 heavy (non-hydrogen) atoms. The third-order valence-corrected chi connectivity index (χ3v) is 5.02. The van der Waals surface area contributed by atoms with Gasteiger partial charge in [-0.1, -0.05) is 18.2 Å². The van der Waals surface area contributed by atoms with Crippen LogP contribution in [0.1, 0.15) is 11.4 Å². The van der Waals surface area contributed by atoms with E-state index >= 15 is 0 Å². The average Bonchev–Trinajstić information content (AvgIpc) is 2.83. The standard InChI is InChI=1S/C25H21FN2O4/c1-30-19-11-9-18(10-12-19)28-24(13-6-16-4-7-17(26)8-5-16)27-21-15-23(32-3)22(31-2)14-20(21)25(28)29/h4-15H,1-3H3. The topological polar surface area (TPSA) is 62.6 Å². The summed E-state index contributed by atoms with van der Waals surface area (Å²) in [6.45, 7) is 0. The first kappa shape index (κ1) is 21.1. The third kappa shape index (κ3) is 4.05. The molecule has 6 nitrogen and oxygen atoms in total. The van der Waals surface area contributed by atoms with Gasteiger partial charge < -0.3 is 14.2 Å². The van der Waals surface area contributed by atoms with Crippen LogP contribution in [0, 0.1) is 5.82 Å². The fraction of sp³-hybridized carbons (Fsp3) is 0.120. The maximum atomic E-state index is 13.5. The van der Waals surface area contributed by atoms with Gasteiger partial charge in [0.15, 0.2) is 11.5 Å². The van der Waals surface area contributed by atoms with Gasteiger partial charge in [-0.15, -0.1) is 0 Å². The number of methoxy groups -OCH3 is 3. The Bertz CT molecular complexity index is 1340. The Balaban J connectivity index is 1.95. The lowest BCUT2D eigenvalue weighted by molar-refractivity contribution is 0.355. The molecule has 0 aliphatic carbocycles. The highest BCUT2D eigenvalue weighted by Crippen LogP contribution is 2.30. The summed E-state index contributed by atoms with van der Waals surface area (Å²) in [5.74, 6) is 1.68. The lowest BCUT2D eigenvalue weighted by Gasteiger charge is -2.14. The zero-order chi connectivity index (χ0) is 22.7. The van der Waals surface area contributed by atoms with Gasteiger partial charge in [0.2, 0.25) is 0 Å². The Kier molecular flexibility index (Phi) is 5.89. The van der Waals surface area contributed by atoms with Crippen LogP contribution in [0.5, 0.6) is 17.2 Å². The largest absolute Gasteiger partial charge is 0.497 e. The first-order chi connectivity index (χ1) is 15.5. The van der Waals surface area contributed by atoms with Crippen molar-refractivity contribution in [2.75, 3.05) is 21.3 Å². The van der Waals surface area contributed by atoms with Gasteiger partial charge in [0.1, 0.15) is 17.4 Å². The minimum Gasteiger partial charge on any atom is -0.497 e. The number of rotatable bonds is 6. The number of fused-ring (bicyclic) bond motifs is 1. The van der Waals surface area contributed by atoms with Crippen molar-refractivity contribution in [1.29, 1.82) is 0 Å². The number of halogens is 1. The van der Waals surface area contributed by atoms with Gasteiger partial charge >= 0.3 is 0 Å². The predicted molar refractivity (Wildman–Crippen MR) is 122 cm³/mol. The molecular weight excluding hydrogens is 411 g/mol. The van der Waals surface area contributed by atoms with Crippen molar-refractivity contribution in [1.82, 2.24) is 9.55 Å². The smallest absolute Gasteiger partial charge is 0.266 e. The van der Waals surface area contributed by atoms with Gasteiger partial charge in [0.25, 0.3) is 5.56 Å². The van der Waals surface area contributed by atoms with E-state index in [4.69, 9.17) is 19.2 Å². The van der Waals surface area contributed by atoms with E-state index in [1.807, 2.05) is 0 Å². The molecule has 0 saturated carbocycles. The van der Waals surface area contributed by atoms with Gasteiger partial charge in [-0.3, -0.25) is 9.36 Å². The molecule has 162 valence electrons. The molecule has 0 aliphatic heterocycles. The van der Waals surface area contributed by atoms with Crippen LogP contribution >= 0.6 is 0 Å². The van der Waals surface area contributed by atoms with Crippen molar-refractivity contribution >= 4 is 23.1 Å². The molecule has 0 fully saturated rings. The summed E-state index contributed by atoms with van der Waals surface area (Å²) in [4.78, 5) is 18.2. The first-order valence-corrected chi connectivity index (χ1v) is 9.81. The fourth-order valence-corrected chi connectivity index (χ4v) is 3.37. The summed E-state index contributed by atoms with van der Waals surface area (Å²) in [5.41, 5.74) is 1.60. The Morgan fingerprint density at radius 1 is 0.844 bits per heavy atom. The second-order valence-electron chi connectivity index (χ2n) is 6.92. The summed E-state index contributed by atoms with van der Waals surface area (Å²) in [7, 11) is 4.62. The lowest BCUT2D eigenvalue weighted by Crippen LogP contribution is -2.22. The van der Waals surface area contributed by atoms with Crippen molar-refractivity contribution in [3.05, 3.63) is 88.2 Å². The van der Waals surface area contributed by atoms with Crippen LogP contribution in [0.2, 0.25) is 0 Å². The number of benzene rings is 3. The predicted octanol–water partition coefficient (Wildman–Crippen LogP) is 4.72. The summed E-state index contributed by atoms with van der Waals surface area (Å²) >= 11 is 0. The van der Waals surface area contributed by atoms with Crippen molar-refractivity contribution < 1.29 is 18.6 Å². The van der Waals surface area contributed by atoms with Crippen LogP contribution in [0.3, 0.4) is 0 Å². The highest BCUT2D eigenvalue weighted by molar-refractivity contribution is 5.83. The molecule has 0 amide bonds. The Morgan fingerprint density at radius 3 is 2.12 bits per heavy atom. The molecule has 3 aromatic carbocycles. The molecule has 4 aromatic rings. The molecule has 0 radical (unpaired) electrons. The van der Waals surface area contributed by atoms with E-state index in [9.17, 15) is 9.18 Å². The quantitative estimate of drug-likeness (QED) is 0.441. The van der Waals surface area contributed by atoms with Gasteiger partial charge in [-0.2, -0.15) is 0 Å². The SMILES string of the molecule is COc1ccc(-n2c(C=Cc3ccc(F)cc3)nc3cc(OC)c(OC)cc3c2=O)cc1. The van der Waals surface area contributed by atoms with E-state index in [-0.39, 0.29) is 11.4 Å². The molecule has 0 spiro atoms. The second-order valence-corrected chi connectivity index (χ2v) is 6.92. The molecule has 0 aliphatic rings. The molecule has 7 heteroatoms. The molecule has 1 aromatic heterocycles. The highest BCUT2D eigenvalue weighted by Gasteiger charge is 2.15. The van der Waals surface area contributed by atoms with E-state index < -0.39 is 0 Å². The average molecular weight is 432 g/mol. The summed E-state index contributed by atoms with van der Waals surface area (Å²) in [5, 5.41) is 0.386. The van der Waals surface area contributed by atoms with Gasteiger partial charge in [0, 0.05) is 6.07 Å². The molecule has 1 heterocycles. The molecule has 0 bridgehead atoms. The fourth-order valence-electron chi connectivity index (χ4n) is 3.37. The zero-order valence-electron chi connectivity index (χ0n) is 17.8. The van der Waals surface area contributed by atoms with E-state index in [1.54, 1.807) is 67.8 Å². The van der Waals surface area contributed by atoms with E-state index in [2.05, 4.69) is 0 Å². The summed E-state index contributed by atoms with van der Waals surface area (Å²) < 4.78 is 30.7. The van der Waals surface area contributed by atoms with Gasteiger partial charge in [-0.05, 0) is 54.1 Å². The van der Waals surface area contributed by atoms with Gasteiger partial charge in [-0.25, -0.2) is 9.37 Å². The van der Waals surface area contributed by atoms with Crippen molar-refractivity contribution in [3.8, 4) is 22.9 Å². The third-order valence-electron chi connectivity index (χ3n) is 5.02. The second kappa shape index (κ2) is 8.93. The maximum Gasteiger partial charge on any atom is 0.266 e. The van der Waals surface area contributed by atoms with Crippen molar-refractivity contribution in [3.63, 3.8) is 0 Å². The Hall–Kier alpha value is -4.13. The minimum atomic E-state index is -0.317. The van der Waals surface area contributed by atoms with Crippen molar-refractivity contribution in [2.24, 2.45) is 0 Å². The van der Waals surface area contributed by atoms with Gasteiger partial charge in [0.05, 0.1) is 37.9 Å². The lowest BCUT2D eigenvalue weighted by atomic mass is 10.2. The summed E-state index contributed by atoms with van der Waals surface area (Å²) in [6, 6.07) is 16.4. The monoisotopic (exact) mass is 432 g/mol. The molecule has 0 saturated heterocycles. The number of nitrogens with zero attached hydrogens (tertiary/aromatic N) is 2. The highest BCUT2D eigenvalue weighted by atomic mass is 19.1. The molecule has 0 atom stereocenters. The molecule has 4 rings (SSSR count). The number of ether oxygens (including phenoxy) is 3. The zero-order valence-corrected chi connectivity index (χ0v) is 17.8. The van der Waals surface area contributed by atoms with Crippen LogP contribution in [0.25, 0.3) is 28.7 Å². The molecular formula is C25H21FN2O4. The number of aromatic nitrogens is 2. The van der Waals surface area contributed by atoms with E-state index in [0.717, 1.165) is 5.56 Å². The normalized spacial score (nSPS) is 11.1. The van der Waals surface area contributed by atoms with Crippen LogP contribution in [0.4, 0.5) is 4.39 Å². The maximum absolute atomic E-state index is 13.5. The minimum absolute atomic E-state index is 0.264. The van der Waals surface area contributed by atoms with Crippen LogP contribution in [-0.4, -0.2) is 30.9 Å². The molecule has 0 unspecified atom stereocenters. The van der Waals surface area contributed by atoms with E-state index in [0.29, 0.717) is 39.7 Å². The Morgan fingerprint density at radius 2 is 1.50 bits per heavy atom. The molecule has 0 N–H and O–H groups in total. The number of hydrogen-bond acceptors (Lipinski definition) is 5. The van der Waals surface area contributed by atoms with Crippen LogP contribution < -0.4 is 19.8 Å². The van der Waals surface area contributed by atoms with Crippen molar-refractivity contribution in [2.45, 2.75) is 0 Å². The van der Waals surface area contributed by atoms with Crippen LogP contribution in [-0.2, 0) is 0 Å². The van der Waals surface area contributed by atoms with E-state index in [1.165, 1.54) is 30.9 Å². The summed E-state index contributed by atoms with van der Waals surface area (Å²) in [6.07, 6.45) is 3.49. The van der Waals surface area contributed by atoms with Crippen LogP contribution in [0.15, 0.2) is 65.5 Å².